The zero-order valence-corrected chi connectivity index (χ0v) is 9.52. The van der Waals surface area contributed by atoms with Crippen LogP contribution < -0.4 is 0 Å². The summed E-state index contributed by atoms with van der Waals surface area (Å²) < 4.78 is 2.13. The van der Waals surface area contributed by atoms with Crippen molar-refractivity contribution in [2.24, 2.45) is 0 Å². The molecule has 0 atom stereocenters. The summed E-state index contributed by atoms with van der Waals surface area (Å²) >= 11 is 6.82. The molecular weight excluding hydrogens is 282 g/mol. The van der Waals surface area contributed by atoms with Gasteiger partial charge in [-0.15, -0.1) is 0 Å². The number of rotatable bonds is 2. The first kappa shape index (κ1) is 9.76. The fraction of sp³-hybridized carbons (Fsp3) is 0.222. The van der Waals surface area contributed by atoms with Gasteiger partial charge < -0.3 is 4.85 Å². The molecule has 0 aromatic heterocycles. The molecule has 0 aliphatic rings. The van der Waals surface area contributed by atoms with Gasteiger partial charge in [-0.25, -0.2) is 6.57 Å². The smallest absolute Gasteiger partial charge is 0.218 e. The lowest BCUT2D eigenvalue weighted by Crippen LogP contribution is -1.88. The molecule has 0 heterocycles. The van der Waals surface area contributed by atoms with Gasteiger partial charge in [0.1, 0.15) is 0 Å². The highest BCUT2D eigenvalue weighted by molar-refractivity contribution is 9.11. The second kappa shape index (κ2) is 4.64. The van der Waals surface area contributed by atoms with Gasteiger partial charge in [0.25, 0.3) is 0 Å². The van der Waals surface area contributed by atoms with Crippen LogP contribution in [0.3, 0.4) is 0 Å². The number of halogens is 2. The molecule has 0 N–H and O–H groups in total. The van der Waals surface area contributed by atoms with Gasteiger partial charge in [0, 0.05) is 15.4 Å². The van der Waals surface area contributed by atoms with E-state index in [0.717, 1.165) is 15.4 Å². The number of hydrogen-bond donors (Lipinski definition) is 0. The van der Waals surface area contributed by atoms with E-state index < -0.39 is 0 Å². The Kier molecular flexibility index (Phi) is 3.77. The highest BCUT2D eigenvalue weighted by atomic mass is 79.9. The average Bonchev–Trinajstić information content (AvgIpc) is 2.03. The minimum Gasteiger partial charge on any atom is -0.317 e. The highest BCUT2D eigenvalue weighted by Crippen LogP contribution is 2.22. The van der Waals surface area contributed by atoms with Crippen molar-refractivity contribution in [2.75, 3.05) is 6.54 Å². The molecule has 1 nitrogen and oxygen atoms in total. The molecule has 0 bridgehead atoms. The van der Waals surface area contributed by atoms with Crippen LogP contribution in [0.5, 0.6) is 0 Å². The van der Waals surface area contributed by atoms with E-state index >= 15 is 0 Å². The van der Waals surface area contributed by atoms with Crippen LogP contribution in [0.2, 0.25) is 0 Å². The first-order chi connectivity index (χ1) is 5.74. The molecule has 0 aliphatic carbocycles. The summed E-state index contributed by atoms with van der Waals surface area (Å²) in [6.45, 7) is 7.22. The Balaban J connectivity index is 2.81. The summed E-state index contributed by atoms with van der Waals surface area (Å²) in [5, 5.41) is 0. The summed E-state index contributed by atoms with van der Waals surface area (Å²) in [7, 11) is 0. The maximum atomic E-state index is 6.67. The number of benzene rings is 1. The molecule has 12 heavy (non-hydrogen) atoms. The molecule has 1 rings (SSSR count). The molecule has 0 saturated carbocycles. The van der Waals surface area contributed by atoms with Gasteiger partial charge in [0.05, 0.1) is 0 Å². The summed E-state index contributed by atoms with van der Waals surface area (Å²) in [4.78, 5) is 3.31. The van der Waals surface area contributed by atoms with Gasteiger partial charge in [0.2, 0.25) is 6.54 Å². The van der Waals surface area contributed by atoms with E-state index in [-0.39, 0.29) is 0 Å². The van der Waals surface area contributed by atoms with Crippen LogP contribution in [-0.4, -0.2) is 6.54 Å². The maximum absolute atomic E-state index is 6.67. The van der Waals surface area contributed by atoms with Gasteiger partial charge in [-0.1, -0.05) is 37.9 Å². The Hall–Kier alpha value is -0.330. The minimum absolute atomic E-state index is 0.556. The predicted molar refractivity (Wildman–Crippen MR) is 57.0 cm³/mol. The molecule has 0 fully saturated rings. The third-order valence-electron chi connectivity index (χ3n) is 1.51. The number of nitrogens with zero attached hydrogens (tertiary/aromatic N) is 1. The zero-order valence-electron chi connectivity index (χ0n) is 6.35. The van der Waals surface area contributed by atoms with E-state index in [1.807, 2.05) is 18.2 Å². The maximum Gasteiger partial charge on any atom is 0.218 e. The van der Waals surface area contributed by atoms with Crippen LogP contribution in [0.15, 0.2) is 27.1 Å². The quantitative estimate of drug-likeness (QED) is 0.732. The Morgan fingerprint density at radius 3 is 2.67 bits per heavy atom. The highest BCUT2D eigenvalue weighted by Gasteiger charge is 2.00. The Labute approximate surface area is 88.9 Å². The monoisotopic (exact) mass is 287 g/mol. The Morgan fingerprint density at radius 2 is 2.08 bits per heavy atom. The minimum atomic E-state index is 0.556. The molecule has 3 heteroatoms. The van der Waals surface area contributed by atoms with E-state index in [2.05, 4.69) is 36.7 Å². The van der Waals surface area contributed by atoms with Gasteiger partial charge in [-0.3, -0.25) is 0 Å². The number of hydrogen-bond acceptors (Lipinski definition) is 0. The van der Waals surface area contributed by atoms with Crippen LogP contribution in [0.4, 0.5) is 0 Å². The van der Waals surface area contributed by atoms with E-state index in [4.69, 9.17) is 6.57 Å². The standard InChI is InChI=1S/C9H7Br2N/c1-12-5-4-7-2-3-8(10)6-9(7)11/h2-3,6H,4-5H2. The largest absolute Gasteiger partial charge is 0.317 e. The van der Waals surface area contributed by atoms with Crippen molar-refractivity contribution in [3.63, 3.8) is 0 Å². The van der Waals surface area contributed by atoms with Crippen molar-refractivity contribution < 1.29 is 0 Å². The lowest BCUT2D eigenvalue weighted by molar-refractivity contribution is 1.07. The van der Waals surface area contributed by atoms with Gasteiger partial charge in [-0.2, -0.15) is 0 Å². The first-order valence-electron chi connectivity index (χ1n) is 3.51. The molecule has 0 aliphatic heterocycles. The normalized spacial score (nSPS) is 9.42. The van der Waals surface area contributed by atoms with Crippen molar-refractivity contribution in [3.8, 4) is 0 Å². The third-order valence-corrected chi connectivity index (χ3v) is 2.74. The molecule has 1 aromatic rings. The van der Waals surface area contributed by atoms with Crippen LogP contribution in [0.25, 0.3) is 4.85 Å². The molecule has 0 saturated heterocycles. The summed E-state index contributed by atoms with van der Waals surface area (Å²) in [6.07, 6.45) is 0.817. The van der Waals surface area contributed by atoms with Gasteiger partial charge in [-0.05, 0) is 17.7 Å². The fourth-order valence-corrected chi connectivity index (χ4v) is 2.15. The fourth-order valence-electron chi connectivity index (χ4n) is 0.901. The Bertz CT molecular complexity index is 315. The van der Waals surface area contributed by atoms with E-state index in [1.54, 1.807) is 0 Å². The van der Waals surface area contributed by atoms with E-state index in [9.17, 15) is 0 Å². The summed E-state index contributed by atoms with van der Waals surface area (Å²) in [5.74, 6) is 0. The van der Waals surface area contributed by atoms with Crippen molar-refractivity contribution in [3.05, 3.63) is 44.1 Å². The van der Waals surface area contributed by atoms with Crippen molar-refractivity contribution in [1.82, 2.24) is 0 Å². The molecule has 0 unspecified atom stereocenters. The summed E-state index contributed by atoms with van der Waals surface area (Å²) in [6, 6.07) is 6.02. The molecule has 0 amide bonds. The van der Waals surface area contributed by atoms with Gasteiger partial charge in [0.15, 0.2) is 0 Å². The third kappa shape index (κ3) is 2.62. The molecule has 0 spiro atoms. The Morgan fingerprint density at radius 1 is 1.33 bits per heavy atom. The first-order valence-corrected chi connectivity index (χ1v) is 5.10. The zero-order chi connectivity index (χ0) is 8.97. The van der Waals surface area contributed by atoms with Crippen molar-refractivity contribution >= 4 is 31.9 Å². The SMILES string of the molecule is [C-]#[N+]CCc1ccc(Br)cc1Br. The topological polar surface area (TPSA) is 4.36 Å². The van der Waals surface area contributed by atoms with Crippen LogP contribution in [-0.2, 0) is 6.42 Å². The summed E-state index contributed by atoms with van der Waals surface area (Å²) in [5.41, 5.74) is 1.19. The van der Waals surface area contributed by atoms with Crippen molar-refractivity contribution in [1.29, 1.82) is 0 Å². The molecule has 62 valence electrons. The second-order valence-electron chi connectivity index (χ2n) is 2.37. The second-order valence-corrected chi connectivity index (χ2v) is 4.14. The lowest BCUT2D eigenvalue weighted by Gasteiger charge is -2.00. The molecule has 1 aromatic carbocycles. The van der Waals surface area contributed by atoms with Crippen LogP contribution in [0, 0.1) is 6.57 Å². The van der Waals surface area contributed by atoms with Crippen LogP contribution >= 0.6 is 31.9 Å². The lowest BCUT2D eigenvalue weighted by atomic mass is 10.2. The van der Waals surface area contributed by atoms with Crippen LogP contribution in [0.1, 0.15) is 5.56 Å². The van der Waals surface area contributed by atoms with Crippen molar-refractivity contribution in [2.45, 2.75) is 6.42 Å². The molecule has 0 radical (unpaired) electrons. The van der Waals surface area contributed by atoms with E-state index in [0.29, 0.717) is 6.54 Å². The molecular formula is C9H7Br2N. The predicted octanol–water partition coefficient (Wildman–Crippen LogP) is 3.67. The van der Waals surface area contributed by atoms with Gasteiger partial charge >= 0.3 is 0 Å². The average molecular weight is 289 g/mol. The van der Waals surface area contributed by atoms with E-state index in [1.165, 1.54) is 5.56 Å².